The van der Waals surface area contributed by atoms with Crippen molar-refractivity contribution in [3.63, 3.8) is 0 Å². The third-order valence-electron chi connectivity index (χ3n) is 4.76. The van der Waals surface area contributed by atoms with Crippen LogP contribution in [0.2, 0.25) is 0 Å². The van der Waals surface area contributed by atoms with E-state index in [-0.39, 0.29) is 22.5 Å². The van der Waals surface area contributed by atoms with E-state index < -0.39 is 15.7 Å². The van der Waals surface area contributed by atoms with E-state index >= 15 is 0 Å². The second-order valence-corrected chi connectivity index (χ2v) is 10.2. The Morgan fingerprint density at radius 2 is 1.91 bits per heavy atom. The molecule has 1 heterocycles. The minimum Gasteiger partial charge on any atom is -0.390 e. The Morgan fingerprint density at radius 3 is 2.50 bits per heavy atom. The highest BCUT2D eigenvalue weighted by molar-refractivity contribution is 7.92. The fourth-order valence-electron chi connectivity index (χ4n) is 2.89. The van der Waals surface area contributed by atoms with Crippen molar-refractivity contribution in [3.8, 4) is 6.07 Å². The SMILES string of the molecule is N#Cc1ccc(CO/N=C(/C(=O)Nc2nccs2)c2ccc(S(=O)(=O)C3CC3)cc2)cc1. The Bertz CT molecular complexity index is 1270. The molecule has 1 amide bonds. The van der Waals surface area contributed by atoms with Crippen molar-refractivity contribution in [2.75, 3.05) is 5.32 Å². The number of hydrogen-bond acceptors (Lipinski definition) is 8. The Morgan fingerprint density at radius 1 is 1.19 bits per heavy atom. The highest BCUT2D eigenvalue weighted by Gasteiger charge is 2.36. The van der Waals surface area contributed by atoms with Crippen molar-refractivity contribution in [2.24, 2.45) is 5.16 Å². The van der Waals surface area contributed by atoms with Crippen LogP contribution in [0.15, 0.2) is 70.2 Å². The van der Waals surface area contributed by atoms with Gasteiger partial charge in [-0.15, -0.1) is 11.3 Å². The average molecular weight is 467 g/mol. The topological polar surface area (TPSA) is 122 Å². The van der Waals surface area contributed by atoms with E-state index in [1.165, 1.54) is 23.5 Å². The maximum absolute atomic E-state index is 12.8. The lowest BCUT2D eigenvalue weighted by atomic mass is 10.1. The molecule has 8 nitrogen and oxygen atoms in total. The van der Waals surface area contributed by atoms with Gasteiger partial charge < -0.3 is 4.84 Å². The first-order valence-electron chi connectivity index (χ1n) is 9.71. The molecule has 32 heavy (non-hydrogen) atoms. The zero-order valence-electron chi connectivity index (χ0n) is 16.8. The number of nitrogens with zero attached hydrogens (tertiary/aromatic N) is 3. The van der Waals surface area contributed by atoms with E-state index in [1.54, 1.807) is 48.0 Å². The van der Waals surface area contributed by atoms with Gasteiger partial charge in [-0.3, -0.25) is 10.1 Å². The summed E-state index contributed by atoms with van der Waals surface area (Å²) in [7, 11) is -3.33. The van der Waals surface area contributed by atoms with Crippen molar-refractivity contribution >= 4 is 37.9 Å². The molecule has 2 aromatic carbocycles. The molecule has 0 spiro atoms. The summed E-state index contributed by atoms with van der Waals surface area (Å²) in [6.45, 7) is 0.0912. The zero-order valence-corrected chi connectivity index (χ0v) is 18.4. The molecule has 162 valence electrons. The monoisotopic (exact) mass is 466 g/mol. The lowest BCUT2D eigenvalue weighted by Gasteiger charge is -2.09. The van der Waals surface area contributed by atoms with Gasteiger partial charge in [-0.1, -0.05) is 29.4 Å². The maximum Gasteiger partial charge on any atom is 0.280 e. The van der Waals surface area contributed by atoms with Gasteiger partial charge in [0.05, 0.1) is 21.8 Å². The third kappa shape index (κ3) is 5.01. The van der Waals surface area contributed by atoms with Crippen molar-refractivity contribution in [3.05, 3.63) is 76.8 Å². The van der Waals surface area contributed by atoms with Crippen molar-refractivity contribution in [1.29, 1.82) is 5.26 Å². The molecule has 0 unspecified atom stereocenters. The van der Waals surface area contributed by atoms with Gasteiger partial charge in [0.2, 0.25) is 0 Å². The van der Waals surface area contributed by atoms with Gasteiger partial charge in [0.1, 0.15) is 6.61 Å². The lowest BCUT2D eigenvalue weighted by Crippen LogP contribution is -2.24. The van der Waals surface area contributed by atoms with Gasteiger partial charge in [0.25, 0.3) is 5.91 Å². The van der Waals surface area contributed by atoms with Crippen molar-refractivity contribution in [1.82, 2.24) is 4.98 Å². The molecule has 1 N–H and O–H groups in total. The Labute approximate surface area is 189 Å². The number of nitrogens with one attached hydrogen (secondary N) is 1. The number of thiazole rings is 1. The number of oxime groups is 1. The molecule has 0 aliphatic heterocycles. The van der Waals surface area contributed by atoms with Gasteiger partial charge in [0, 0.05) is 17.1 Å². The van der Waals surface area contributed by atoms with Crippen LogP contribution in [-0.2, 0) is 26.1 Å². The fraction of sp³-hybridized carbons (Fsp3) is 0.182. The minimum absolute atomic E-state index is 0.00999. The number of hydrogen-bond donors (Lipinski definition) is 1. The number of benzene rings is 2. The van der Waals surface area contributed by atoms with Crippen LogP contribution >= 0.6 is 11.3 Å². The van der Waals surface area contributed by atoms with Gasteiger partial charge >= 0.3 is 0 Å². The summed E-state index contributed by atoms with van der Waals surface area (Å²) in [4.78, 5) is 22.5. The van der Waals surface area contributed by atoms with E-state index in [0.29, 0.717) is 29.1 Å². The van der Waals surface area contributed by atoms with Crippen molar-refractivity contribution in [2.45, 2.75) is 29.6 Å². The first-order chi connectivity index (χ1) is 15.5. The van der Waals surface area contributed by atoms with Crippen LogP contribution in [0.3, 0.4) is 0 Å². The Balaban J connectivity index is 1.55. The van der Waals surface area contributed by atoms with Crippen molar-refractivity contribution < 1.29 is 18.0 Å². The number of anilines is 1. The summed E-state index contributed by atoms with van der Waals surface area (Å²) in [6.07, 6.45) is 2.92. The quantitative estimate of drug-likeness (QED) is 0.400. The number of carbonyl (C=O) groups excluding carboxylic acids is 1. The molecule has 10 heteroatoms. The van der Waals surface area contributed by atoms with Crippen LogP contribution < -0.4 is 5.32 Å². The molecule has 1 aromatic heterocycles. The highest BCUT2D eigenvalue weighted by atomic mass is 32.2. The second kappa shape index (κ2) is 9.30. The first-order valence-corrected chi connectivity index (χ1v) is 12.1. The summed E-state index contributed by atoms with van der Waals surface area (Å²) in [5.41, 5.74) is 1.71. The van der Waals surface area contributed by atoms with Crippen LogP contribution in [0.1, 0.15) is 29.5 Å². The molecule has 0 radical (unpaired) electrons. The molecule has 4 rings (SSSR count). The van der Waals surface area contributed by atoms with Gasteiger partial charge in [-0.05, 0) is 42.7 Å². The van der Waals surface area contributed by atoms with Crippen LogP contribution in [0.4, 0.5) is 5.13 Å². The van der Waals surface area contributed by atoms with E-state index in [0.717, 1.165) is 5.56 Å². The first kappa shape index (κ1) is 21.7. The number of carbonyl (C=O) groups is 1. The third-order valence-corrected chi connectivity index (χ3v) is 7.72. The molecule has 1 aliphatic carbocycles. The molecular weight excluding hydrogens is 448 g/mol. The Hall–Kier alpha value is -3.55. The van der Waals surface area contributed by atoms with Gasteiger partial charge in [-0.2, -0.15) is 5.26 Å². The van der Waals surface area contributed by atoms with E-state index in [9.17, 15) is 13.2 Å². The molecule has 3 aromatic rings. The molecule has 0 saturated heterocycles. The normalized spacial score (nSPS) is 13.9. The Kier molecular flexibility index (Phi) is 6.30. The standard InChI is InChI=1S/C22H18N4O4S2/c23-13-15-1-3-16(4-2-15)14-30-26-20(21(27)25-22-24-11-12-31-22)17-5-7-18(8-6-17)32(28,29)19-9-10-19/h1-8,11-12,19H,9-10,14H2,(H,24,25,27)/b26-20+. The summed E-state index contributed by atoms with van der Waals surface area (Å²) < 4.78 is 24.9. The van der Waals surface area contributed by atoms with E-state index in [1.807, 2.05) is 6.07 Å². The molecule has 1 saturated carbocycles. The smallest absolute Gasteiger partial charge is 0.280 e. The zero-order chi connectivity index (χ0) is 22.6. The maximum atomic E-state index is 12.8. The van der Waals surface area contributed by atoms with E-state index in [2.05, 4.69) is 15.5 Å². The number of nitriles is 1. The lowest BCUT2D eigenvalue weighted by molar-refractivity contribution is -0.110. The summed E-state index contributed by atoms with van der Waals surface area (Å²) >= 11 is 1.26. The molecule has 0 bridgehead atoms. The number of amides is 1. The average Bonchev–Trinajstić information content (AvgIpc) is 3.56. The summed E-state index contributed by atoms with van der Waals surface area (Å²) in [6, 6.07) is 14.9. The predicted molar refractivity (Wildman–Crippen MR) is 120 cm³/mol. The van der Waals surface area contributed by atoms with Crippen LogP contribution in [0, 0.1) is 11.3 Å². The van der Waals surface area contributed by atoms with Crippen LogP contribution in [0.5, 0.6) is 0 Å². The molecule has 1 aliphatic rings. The summed E-state index contributed by atoms with van der Waals surface area (Å²) in [5, 5.41) is 17.4. The van der Waals surface area contributed by atoms with E-state index in [4.69, 9.17) is 10.1 Å². The second-order valence-electron chi connectivity index (χ2n) is 7.08. The predicted octanol–water partition coefficient (Wildman–Crippen LogP) is 3.51. The summed E-state index contributed by atoms with van der Waals surface area (Å²) in [5.74, 6) is -0.530. The van der Waals surface area contributed by atoms with Crippen LogP contribution in [0.25, 0.3) is 0 Å². The number of rotatable bonds is 8. The largest absolute Gasteiger partial charge is 0.390 e. The van der Waals surface area contributed by atoms with Gasteiger partial charge in [0.15, 0.2) is 20.7 Å². The van der Waals surface area contributed by atoms with Crippen LogP contribution in [-0.4, -0.2) is 30.3 Å². The molecule has 1 fully saturated rings. The molecule has 0 atom stereocenters. The number of aromatic nitrogens is 1. The molecular formula is C22H18N4O4S2. The minimum atomic E-state index is -3.33. The fourth-order valence-corrected chi connectivity index (χ4v) is 5.07. The number of sulfone groups is 1. The van der Waals surface area contributed by atoms with Gasteiger partial charge in [-0.25, -0.2) is 13.4 Å². The highest BCUT2D eigenvalue weighted by Crippen LogP contribution is 2.33.